The second kappa shape index (κ2) is 10.5. The summed E-state index contributed by atoms with van der Waals surface area (Å²) in [7, 11) is 0. The van der Waals surface area contributed by atoms with Gasteiger partial charge in [0.2, 0.25) is 0 Å². The Labute approximate surface area is 97.8 Å². The van der Waals surface area contributed by atoms with Gasteiger partial charge in [-0.15, -0.1) is 0 Å². The maximum atomic E-state index is 2.33. The van der Waals surface area contributed by atoms with Gasteiger partial charge in [0.1, 0.15) is 0 Å². The Morgan fingerprint density at radius 2 is 0.733 bits per heavy atom. The van der Waals surface area contributed by atoms with Crippen molar-refractivity contribution in [2.24, 2.45) is 11.8 Å². The molecule has 0 unspecified atom stereocenters. The van der Waals surface area contributed by atoms with E-state index in [4.69, 9.17) is 0 Å². The standard InChI is InChI=1S/C15H32/c1-14(2)12-10-8-6-5-7-9-11-13-15(3)4/h14-15H,5-13H2,1-4H3. The number of hydrogen-bond donors (Lipinski definition) is 0. The Hall–Kier alpha value is 0. The zero-order valence-electron chi connectivity index (χ0n) is 11.5. The molecule has 0 spiro atoms. The summed E-state index contributed by atoms with van der Waals surface area (Å²) < 4.78 is 0. The van der Waals surface area contributed by atoms with Crippen molar-refractivity contribution in [2.75, 3.05) is 0 Å². The van der Waals surface area contributed by atoms with Crippen molar-refractivity contribution in [2.45, 2.75) is 85.5 Å². The number of unbranched alkanes of at least 4 members (excludes halogenated alkanes) is 6. The van der Waals surface area contributed by atoms with Gasteiger partial charge in [-0.3, -0.25) is 0 Å². The predicted molar refractivity (Wildman–Crippen MR) is 71.2 cm³/mol. The third kappa shape index (κ3) is 14.0. The van der Waals surface area contributed by atoms with E-state index >= 15 is 0 Å². The number of hydrogen-bond acceptors (Lipinski definition) is 0. The van der Waals surface area contributed by atoms with Crippen LogP contribution in [0.1, 0.15) is 85.5 Å². The van der Waals surface area contributed by atoms with Crippen LogP contribution in [0.15, 0.2) is 0 Å². The average molecular weight is 212 g/mol. The minimum Gasteiger partial charge on any atom is -0.0628 e. The van der Waals surface area contributed by atoms with E-state index in [1.807, 2.05) is 0 Å². The van der Waals surface area contributed by atoms with E-state index in [1.165, 1.54) is 57.8 Å². The van der Waals surface area contributed by atoms with Crippen LogP contribution in [-0.4, -0.2) is 0 Å². The second-order valence-electron chi connectivity index (χ2n) is 5.84. The van der Waals surface area contributed by atoms with Crippen molar-refractivity contribution in [3.05, 3.63) is 0 Å². The normalized spacial score (nSPS) is 11.6. The van der Waals surface area contributed by atoms with E-state index < -0.39 is 0 Å². The van der Waals surface area contributed by atoms with E-state index in [2.05, 4.69) is 27.7 Å². The minimum absolute atomic E-state index is 0.899. The molecular weight excluding hydrogens is 180 g/mol. The lowest BCUT2D eigenvalue weighted by Crippen LogP contribution is -1.88. The largest absolute Gasteiger partial charge is 0.0628 e. The van der Waals surface area contributed by atoms with Gasteiger partial charge in [0.15, 0.2) is 0 Å². The topological polar surface area (TPSA) is 0 Å². The molecule has 0 saturated heterocycles. The van der Waals surface area contributed by atoms with Gasteiger partial charge in [0.25, 0.3) is 0 Å². The Morgan fingerprint density at radius 1 is 0.467 bits per heavy atom. The van der Waals surface area contributed by atoms with Crippen molar-refractivity contribution in [1.29, 1.82) is 0 Å². The lowest BCUT2D eigenvalue weighted by Gasteiger charge is -2.05. The molecule has 0 bridgehead atoms. The van der Waals surface area contributed by atoms with E-state index in [1.54, 1.807) is 0 Å². The van der Waals surface area contributed by atoms with Gasteiger partial charge in [0.05, 0.1) is 0 Å². The molecule has 0 aromatic rings. The van der Waals surface area contributed by atoms with Crippen LogP contribution in [0.2, 0.25) is 0 Å². The third-order valence-corrected chi connectivity index (χ3v) is 3.06. The third-order valence-electron chi connectivity index (χ3n) is 3.06. The molecule has 0 fully saturated rings. The molecular formula is C15H32. The van der Waals surface area contributed by atoms with E-state index in [9.17, 15) is 0 Å². The van der Waals surface area contributed by atoms with Crippen LogP contribution in [0.25, 0.3) is 0 Å². The van der Waals surface area contributed by atoms with Gasteiger partial charge >= 0.3 is 0 Å². The summed E-state index contributed by atoms with van der Waals surface area (Å²) in [5.41, 5.74) is 0. The first-order valence-corrected chi connectivity index (χ1v) is 7.13. The quantitative estimate of drug-likeness (QED) is 0.401. The summed E-state index contributed by atoms with van der Waals surface area (Å²) in [6.45, 7) is 9.30. The lowest BCUT2D eigenvalue weighted by molar-refractivity contribution is 0.491. The highest BCUT2D eigenvalue weighted by molar-refractivity contribution is 4.50. The fraction of sp³-hybridized carbons (Fsp3) is 1.00. The fourth-order valence-corrected chi connectivity index (χ4v) is 1.99. The molecule has 0 nitrogen and oxygen atoms in total. The zero-order chi connectivity index (χ0) is 11.5. The molecule has 0 saturated carbocycles. The van der Waals surface area contributed by atoms with Crippen molar-refractivity contribution >= 4 is 0 Å². The van der Waals surface area contributed by atoms with Crippen LogP contribution < -0.4 is 0 Å². The van der Waals surface area contributed by atoms with Crippen molar-refractivity contribution in [1.82, 2.24) is 0 Å². The van der Waals surface area contributed by atoms with Gasteiger partial charge in [0, 0.05) is 0 Å². The van der Waals surface area contributed by atoms with Gasteiger partial charge in [-0.05, 0) is 11.8 Å². The second-order valence-corrected chi connectivity index (χ2v) is 5.84. The molecule has 0 aliphatic rings. The Morgan fingerprint density at radius 3 is 1.00 bits per heavy atom. The molecule has 0 rings (SSSR count). The average Bonchev–Trinajstić information content (AvgIpc) is 2.14. The molecule has 0 heterocycles. The summed E-state index contributed by atoms with van der Waals surface area (Å²) in [4.78, 5) is 0. The first-order chi connectivity index (χ1) is 7.13. The van der Waals surface area contributed by atoms with Crippen LogP contribution in [-0.2, 0) is 0 Å². The molecule has 0 radical (unpaired) electrons. The van der Waals surface area contributed by atoms with Crippen LogP contribution in [0.5, 0.6) is 0 Å². The molecule has 0 atom stereocenters. The highest BCUT2D eigenvalue weighted by atomic mass is 14.0. The summed E-state index contributed by atoms with van der Waals surface area (Å²) in [6.07, 6.45) is 13.1. The highest BCUT2D eigenvalue weighted by Gasteiger charge is 1.96. The molecule has 0 heteroatoms. The van der Waals surface area contributed by atoms with E-state index in [0.29, 0.717) is 0 Å². The van der Waals surface area contributed by atoms with Gasteiger partial charge in [-0.2, -0.15) is 0 Å². The van der Waals surface area contributed by atoms with E-state index in [-0.39, 0.29) is 0 Å². The maximum absolute atomic E-state index is 2.33. The molecule has 0 aliphatic heterocycles. The first-order valence-electron chi connectivity index (χ1n) is 7.13. The minimum atomic E-state index is 0.899. The SMILES string of the molecule is CC(C)CCCCCCCCCC(C)C. The molecule has 0 aromatic carbocycles. The van der Waals surface area contributed by atoms with Gasteiger partial charge in [-0.1, -0.05) is 85.5 Å². The van der Waals surface area contributed by atoms with Crippen LogP contribution in [0, 0.1) is 11.8 Å². The summed E-state index contributed by atoms with van der Waals surface area (Å²) in [5, 5.41) is 0. The fourth-order valence-electron chi connectivity index (χ4n) is 1.99. The van der Waals surface area contributed by atoms with Crippen molar-refractivity contribution in [3.63, 3.8) is 0 Å². The molecule has 0 aromatic heterocycles. The Balaban J connectivity index is 2.93. The van der Waals surface area contributed by atoms with Crippen LogP contribution in [0.3, 0.4) is 0 Å². The monoisotopic (exact) mass is 212 g/mol. The zero-order valence-corrected chi connectivity index (χ0v) is 11.5. The highest BCUT2D eigenvalue weighted by Crippen LogP contribution is 2.13. The van der Waals surface area contributed by atoms with Gasteiger partial charge < -0.3 is 0 Å². The summed E-state index contributed by atoms with van der Waals surface area (Å²) in [6, 6.07) is 0. The molecule has 0 amide bonds. The Bertz CT molecular complexity index is 99.2. The summed E-state index contributed by atoms with van der Waals surface area (Å²) in [5.74, 6) is 1.80. The Kier molecular flexibility index (Phi) is 10.5. The van der Waals surface area contributed by atoms with Crippen LogP contribution in [0.4, 0.5) is 0 Å². The molecule has 92 valence electrons. The van der Waals surface area contributed by atoms with Crippen molar-refractivity contribution in [3.8, 4) is 0 Å². The molecule has 15 heavy (non-hydrogen) atoms. The van der Waals surface area contributed by atoms with Gasteiger partial charge in [-0.25, -0.2) is 0 Å². The molecule has 0 N–H and O–H groups in total. The first kappa shape index (κ1) is 15.0. The van der Waals surface area contributed by atoms with E-state index in [0.717, 1.165) is 11.8 Å². The predicted octanol–water partition coefficient (Wildman–Crippen LogP) is 5.81. The lowest BCUT2D eigenvalue weighted by atomic mass is 10.0. The summed E-state index contributed by atoms with van der Waals surface area (Å²) >= 11 is 0. The smallest absolute Gasteiger partial charge is 0.0471 e. The van der Waals surface area contributed by atoms with Crippen molar-refractivity contribution < 1.29 is 0 Å². The maximum Gasteiger partial charge on any atom is -0.0471 e. The number of rotatable bonds is 10. The van der Waals surface area contributed by atoms with Crippen LogP contribution >= 0.6 is 0 Å². The molecule has 0 aliphatic carbocycles.